The molecule has 260 valence electrons. The van der Waals surface area contributed by atoms with Gasteiger partial charge in [0, 0.05) is 43.8 Å². The third kappa shape index (κ3) is 10.6. The molecular formula is C44H50F2N4. The highest BCUT2D eigenvalue weighted by Gasteiger charge is 2.22. The SMILES string of the molecule is C=C(NCCc1ccccc1)C(Cc1ccc(F)c(F)c1)N(C)C(=C)CN(C)C(=C)c1cccc(C(C)N)c1.Cc1ccc2ccccc2c1. The van der Waals surface area contributed by atoms with Crippen molar-refractivity contribution >= 4 is 16.5 Å². The fraction of sp³-hybridized carbons (Fsp3) is 0.227. The molecule has 0 radical (unpaired) electrons. The standard InChI is InChI=1S/C33H40F2N4.C11H10/c1-23(22-38(5)26(4)30-14-10-13-29(21-30)24(2)36)39(6)33(20-28-15-16-31(34)32(35)19-28)25(3)37-18-17-27-11-8-7-9-12-27;1-9-6-7-10-4-2-3-5-11(10)8-9/h7-16,19,21,24,33,37H,1,3-4,17-18,20,22,36H2,2,5-6H3;2-8H,1H3. The van der Waals surface area contributed by atoms with Crippen molar-refractivity contribution in [2.75, 3.05) is 27.2 Å². The molecule has 0 aliphatic carbocycles. The van der Waals surface area contributed by atoms with Crippen LogP contribution < -0.4 is 11.1 Å². The topological polar surface area (TPSA) is 44.5 Å². The zero-order valence-electron chi connectivity index (χ0n) is 29.8. The van der Waals surface area contributed by atoms with Gasteiger partial charge < -0.3 is 20.9 Å². The molecular weight excluding hydrogens is 623 g/mol. The van der Waals surface area contributed by atoms with Crippen LogP contribution in [-0.2, 0) is 12.8 Å². The summed E-state index contributed by atoms with van der Waals surface area (Å²) in [5.41, 5.74) is 13.8. The van der Waals surface area contributed by atoms with Gasteiger partial charge in [0.1, 0.15) is 0 Å². The highest BCUT2D eigenvalue weighted by Crippen LogP contribution is 2.23. The summed E-state index contributed by atoms with van der Waals surface area (Å²) in [6.07, 6.45) is 1.27. The monoisotopic (exact) mass is 672 g/mol. The zero-order valence-corrected chi connectivity index (χ0v) is 29.8. The second-order valence-corrected chi connectivity index (χ2v) is 12.9. The smallest absolute Gasteiger partial charge is 0.159 e. The Labute approximate surface area is 297 Å². The number of benzene rings is 5. The summed E-state index contributed by atoms with van der Waals surface area (Å²) in [4.78, 5) is 4.08. The van der Waals surface area contributed by atoms with Crippen LogP contribution in [0.15, 0.2) is 146 Å². The van der Waals surface area contributed by atoms with Gasteiger partial charge in [-0.05, 0) is 77.9 Å². The van der Waals surface area contributed by atoms with Crippen LogP contribution in [0.2, 0.25) is 0 Å². The van der Waals surface area contributed by atoms with Crippen molar-refractivity contribution in [3.8, 4) is 0 Å². The molecule has 5 aromatic carbocycles. The van der Waals surface area contributed by atoms with Crippen LogP contribution in [0.4, 0.5) is 8.78 Å². The van der Waals surface area contributed by atoms with Crippen LogP contribution in [0.1, 0.15) is 40.8 Å². The predicted molar refractivity (Wildman–Crippen MR) is 207 cm³/mol. The molecule has 0 spiro atoms. The van der Waals surface area contributed by atoms with Crippen LogP contribution in [-0.4, -0.2) is 43.0 Å². The summed E-state index contributed by atoms with van der Waals surface area (Å²) in [6, 6.07) is 36.9. The van der Waals surface area contributed by atoms with Gasteiger partial charge in [-0.2, -0.15) is 0 Å². The molecule has 2 atom stereocenters. The van der Waals surface area contributed by atoms with E-state index in [0.717, 1.165) is 40.7 Å². The van der Waals surface area contributed by atoms with E-state index in [-0.39, 0.29) is 12.1 Å². The molecule has 0 saturated heterocycles. The number of hydrogen-bond acceptors (Lipinski definition) is 4. The molecule has 0 bridgehead atoms. The number of fused-ring (bicyclic) bond motifs is 1. The van der Waals surface area contributed by atoms with E-state index in [2.05, 4.69) is 92.6 Å². The van der Waals surface area contributed by atoms with Crippen molar-refractivity contribution in [2.45, 2.75) is 38.8 Å². The third-order valence-corrected chi connectivity index (χ3v) is 8.92. The Hall–Kier alpha value is -5.20. The van der Waals surface area contributed by atoms with E-state index in [1.807, 2.05) is 67.2 Å². The van der Waals surface area contributed by atoms with Crippen molar-refractivity contribution in [3.05, 3.63) is 186 Å². The summed E-state index contributed by atoms with van der Waals surface area (Å²) in [5.74, 6) is -1.72. The number of aryl methyl sites for hydroxylation is 1. The fourth-order valence-corrected chi connectivity index (χ4v) is 5.75. The van der Waals surface area contributed by atoms with Gasteiger partial charge in [0.2, 0.25) is 0 Å². The van der Waals surface area contributed by atoms with Gasteiger partial charge in [0.05, 0.1) is 12.6 Å². The minimum atomic E-state index is -0.861. The number of likely N-dealkylation sites (N-methyl/N-ethyl adjacent to an activating group) is 2. The van der Waals surface area contributed by atoms with Gasteiger partial charge in [0.25, 0.3) is 0 Å². The molecule has 5 rings (SSSR count). The second kappa shape index (κ2) is 18.0. The average Bonchev–Trinajstić information content (AvgIpc) is 3.12. The second-order valence-electron chi connectivity index (χ2n) is 12.9. The van der Waals surface area contributed by atoms with E-state index < -0.39 is 11.6 Å². The van der Waals surface area contributed by atoms with E-state index >= 15 is 0 Å². The lowest BCUT2D eigenvalue weighted by Crippen LogP contribution is -2.41. The predicted octanol–water partition coefficient (Wildman–Crippen LogP) is 9.44. The minimum Gasteiger partial charge on any atom is -0.387 e. The summed E-state index contributed by atoms with van der Waals surface area (Å²) >= 11 is 0. The first kappa shape index (κ1) is 37.6. The van der Waals surface area contributed by atoms with Crippen molar-refractivity contribution < 1.29 is 8.78 Å². The van der Waals surface area contributed by atoms with Crippen molar-refractivity contribution in [1.29, 1.82) is 0 Å². The van der Waals surface area contributed by atoms with E-state index in [9.17, 15) is 8.78 Å². The number of hydrogen-bond donors (Lipinski definition) is 2. The molecule has 0 aromatic heterocycles. The van der Waals surface area contributed by atoms with Crippen molar-refractivity contribution in [3.63, 3.8) is 0 Å². The Morgan fingerprint density at radius 1 is 0.760 bits per heavy atom. The van der Waals surface area contributed by atoms with Gasteiger partial charge in [0.15, 0.2) is 11.6 Å². The number of nitrogens with zero attached hydrogens (tertiary/aromatic N) is 2. The lowest BCUT2D eigenvalue weighted by atomic mass is 10.0. The Balaban J connectivity index is 0.000000428. The molecule has 0 fully saturated rings. The van der Waals surface area contributed by atoms with Gasteiger partial charge in [-0.25, -0.2) is 8.78 Å². The lowest BCUT2D eigenvalue weighted by molar-refractivity contribution is 0.301. The molecule has 0 heterocycles. The number of nitrogens with two attached hydrogens (primary N) is 1. The molecule has 0 aliphatic heterocycles. The van der Waals surface area contributed by atoms with E-state index in [0.29, 0.717) is 25.1 Å². The highest BCUT2D eigenvalue weighted by molar-refractivity contribution is 5.82. The quantitative estimate of drug-likeness (QED) is 0.123. The summed E-state index contributed by atoms with van der Waals surface area (Å²) in [5, 5.41) is 6.09. The van der Waals surface area contributed by atoms with E-state index in [1.165, 1.54) is 28.0 Å². The Kier molecular flexibility index (Phi) is 13.5. The molecule has 3 N–H and O–H groups in total. The van der Waals surface area contributed by atoms with E-state index in [1.54, 1.807) is 6.07 Å². The van der Waals surface area contributed by atoms with Crippen LogP contribution >= 0.6 is 0 Å². The van der Waals surface area contributed by atoms with E-state index in [4.69, 9.17) is 5.73 Å². The molecule has 0 aliphatic rings. The molecule has 5 aromatic rings. The fourth-order valence-electron chi connectivity index (χ4n) is 5.75. The zero-order chi connectivity index (χ0) is 36.2. The maximum absolute atomic E-state index is 14.0. The van der Waals surface area contributed by atoms with Gasteiger partial charge >= 0.3 is 0 Å². The first-order valence-electron chi connectivity index (χ1n) is 17.0. The van der Waals surface area contributed by atoms with Gasteiger partial charge in [-0.15, -0.1) is 0 Å². The minimum absolute atomic E-state index is 0.0679. The molecule has 0 saturated carbocycles. The Bertz CT molecular complexity index is 1900. The summed E-state index contributed by atoms with van der Waals surface area (Å²) in [6.45, 7) is 18.2. The largest absolute Gasteiger partial charge is 0.387 e. The maximum Gasteiger partial charge on any atom is 0.159 e. The van der Waals surface area contributed by atoms with Crippen LogP contribution in [0.5, 0.6) is 0 Å². The van der Waals surface area contributed by atoms with Crippen LogP contribution in [0.3, 0.4) is 0 Å². The molecule has 0 amide bonds. The highest BCUT2D eigenvalue weighted by atomic mass is 19.2. The Morgan fingerprint density at radius 3 is 2.16 bits per heavy atom. The van der Waals surface area contributed by atoms with Crippen molar-refractivity contribution in [1.82, 2.24) is 15.1 Å². The average molecular weight is 673 g/mol. The number of rotatable bonds is 14. The van der Waals surface area contributed by atoms with Gasteiger partial charge in [-0.3, -0.25) is 0 Å². The van der Waals surface area contributed by atoms with Crippen LogP contribution in [0, 0.1) is 18.6 Å². The summed E-state index contributed by atoms with van der Waals surface area (Å²) < 4.78 is 27.6. The lowest BCUT2D eigenvalue weighted by Gasteiger charge is -2.36. The first-order valence-corrected chi connectivity index (χ1v) is 17.0. The van der Waals surface area contributed by atoms with Crippen LogP contribution in [0.25, 0.3) is 16.5 Å². The Morgan fingerprint density at radius 2 is 1.46 bits per heavy atom. The number of nitrogens with one attached hydrogen (secondary N) is 1. The molecule has 2 unspecified atom stereocenters. The summed E-state index contributed by atoms with van der Waals surface area (Å²) in [7, 11) is 3.92. The normalized spacial score (nSPS) is 11.9. The maximum atomic E-state index is 14.0. The molecule has 4 nitrogen and oxygen atoms in total. The molecule has 50 heavy (non-hydrogen) atoms. The number of halogens is 2. The van der Waals surface area contributed by atoms with Crippen molar-refractivity contribution in [2.24, 2.45) is 5.73 Å². The third-order valence-electron chi connectivity index (χ3n) is 8.92. The first-order chi connectivity index (χ1) is 23.9. The van der Waals surface area contributed by atoms with Gasteiger partial charge in [-0.1, -0.05) is 122 Å². The molecule has 6 heteroatoms.